The quantitative estimate of drug-likeness (QED) is 0.480. The second-order valence-electron chi connectivity index (χ2n) is 7.06. The van der Waals surface area contributed by atoms with E-state index >= 15 is 0 Å². The number of phenols is 1. The number of nitriles is 1. The van der Waals surface area contributed by atoms with Crippen LogP contribution in [0.15, 0.2) is 33.2 Å². The SMILES string of the molecule is Cc1cc(C(C)C)c(O)cc1Br.Cc1cc(C(C)C)c(OCC#N)cc1Br. The highest BCUT2D eigenvalue weighted by molar-refractivity contribution is 9.10. The Morgan fingerprint density at radius 1 is 0.926 bits per heavy atom. The number of benzene rings is 2. The van der Waals surface area contributed by atoms with Crippen LogP contribution in [0.5, 0.6) is 11.5 Å². The maximum atomic E-state index is 9.56. The third-order valence-corrected chi connectivity index (χ3v) is 5.84. The topological polar surface area (TPSA) is 53.2 Å². The third kappa shape index (κ3) is 6.86. The van der Waals surface area contributed by atoms with Gasteiger partial charge in [-0.05, 0) is 60.1 Å². The molecule has 0 heterocycles. The van der Waals surface area contributed by atoms with Crippen LogP contribution in [0.2, 0.25) is 0 Å². The average molecular weight is 497 g/mol. The zero-order valence-electron chi connectivity index (χ0n) is 16.7. The summed E-state index contributed by atoms with van der Waals surface area (Å²) < 4.78 is 7.37. The monoisotopic (exact) mass is 495 g/mol. The third-order valence-electron chi connectivity index (χ3n) is 4.14. The van der Waals surface area contributed by atoms with Crippen LogP contribution in [0.1, 0.15) is 61.8 Å². The minimum absolute atomic E-state index is 0.0925. The minimum Gasteiger partial charge on any atom is -0.508 e. The molecule has 3 nitrogen and oxygen atoms in total. The summed E-state index contributed by atoms with van der Waals surface area (Å²) in [6, 6.07) is 9.78. The van der Waals surface area contributed by atoms with Gasteiger partial charge >= 0.3 is 0 Å². The normalized spacial score (nSPS) is 10.4. The van der Waals surface area contributed by atoms with Crippen LogP contribution in [0.25, 0.3) is 0 Å². The van der Waals surface area contributed by atoms with Gasteiger partial charge in [0.2, 0.25) is 0 Å². The Kier molecular flexibility index (Phi) is 9.35. The van der Waals surface area contributed by atoms with Gasteiger partial charge in [-0.15, -0.1) is 0 Å². The van der Waals surface area contributed by atoms with E-state index in [1.807, 2.05) is 32.0 Å². The van der Waals surface area contributed by atoms with Crippen molar-refractivity contribution in [2.45, 2.75) is 53.4 Å². The Morgan fingerprint density at radius 2 is 1.41 bits per heavy atom. The van der Waals surface area contributed by atoms with Crippen LogP contribution < -0.4 is 4.74 Å². The number of ether oxygens (including phenoxy) is 1. The van der Waals surface area contributed by atoms with Crippen molar-refractivity contribution < 1.29 is 9.84 Å². The molecule has 0 unspecified atom stereocenters. The molecule has 2 aromatic rings. The van der Waals surface area contributed by atoms with Gasteiger partial charge in [0, 0.05) is 8.95 Å². The van der Waals surface area contributed by atoms with Crippen LogP contribution in [0.4, 0.5) is 0 Å². The van der Waals surface area contributed by atoms with E-state index < -0.39 is 0 Å². The van der Waals surface area contributed by atoms with Gasteiger partial charge in [-0.25, -0.2) is 0 Å². The molecule has 2 aromatic carbocycles. The summed E-state index contributed by atoms with van der Waals surface area (Å²) in [5.41, 5.74) is 4.50. The number of hydrogen-bond donors (Lipinski definition) is 1. The van der Waals surface area contributed by atoms with Crippen LogP contribution in [-0.4, -0.2) is 11.7 Å². The molecule has 0 saturated heterocycles. The first kappa shape index (κ1) is 23.5. The lowest BCUT2D eigenvalue weighted by Crippen LogP contribution is -2.00. The molecule has 0 atom stereocenters. The molecule has 0 radical (unpaired) electrons. The van der Waals surface area contributed by atoms with Crippen molar-refractivity contribution in [3.8, 4) is 17.6 Å². The Labute approximate surface area is 179 Å². The molecule has 0 aliphatic heterocycles. The Hall–Kier alpha value is -1.51. The molecule has 0 aliphatic rings. The fourth-order valence-corrected chi connectivity index (χ4v) is 3.18. The van der Waals surface area contributed by atoms with Crippen LogP contribution in [0.3, 0.4) is 0 Å². The van der Waals surface area contributed by atoms with Gasteiger partial charge in [-0.3, -0.25) is 0 Å². The predicted molar refractivity (Wildman–Crippen MR) is 119 cm³/mol. The zero-order chi connectivity index (χ0) is 20.7. The number of hydrogen-bond acceptors (Lipinski definition) is 3. The van der Waals surface area contributed by atoms with E-state index in [1.54, 1.807) is 6.07 Å². The summed E-state index contributed by atoms with van der Waals surface area (Å²) in [4.78, 5) is 0. The first-order valence-corrected chi connectivity index (χ1v) is 10.5. The standard InChI is InChI=1S/C12H14BrNO.C10H13BrO/c1-8(2)10-6-9(3)11(13)7-12(10)15-5-4-14;1-6(2)8-4-7(3)9(11)5-10(8)12/h6-8H,5H2,1-3H3;4-6,12H,1-3H3. The van der Waals surface area contributed by atoms with Crippen molar-refractivity contribution in [3.05, 3.63) is 55.5 Å². The summed E-state index contributed by atoms with van der Waals surface area (Å²) in [6.45, 7) is 12.5. The largest absolute Gasteiger partial charge is 0.508 e. The lowest BCUT2D eigenvalue weighted by Gasteiger charge is -2.14. The molecule has 1 N–H and O–H groups in total. The first-order valence-electron chi connectivity index (χ1n) is 8.87. The van der Waals surface area contributed by atoms with Gasteiger partial charge in [-0.1, -0.05) is 71.7 Å². The lowest BCUT2D eigenvalue weighted by atomic mass is 10.00. The molecule has 0 aliphatic carbocycles. The molecular weight excluding hydrogens is 470 g/mol. The molecule has 0 bridgehead atoms. The zero-order valence-corrected chi connectivity index (χ0v) is 19.9. The van der Waals surface area contributed by atoms with E-state index in [0.717, 1.165) is 31.4 Å². The highest BCUT2D eigenvalue weighted by atomic mass is 79.9. The Morgan fingerprint density at radius 3 is 1.89 bits per heavy atom. The lowest BCUT2D eigenvalue weighted by molar-refractivity contribution is 0.362. The predicted octanol–water partition coefficient (Wildman–Crippen LogP) is 7.37. The van der Waals surface area contributed by atoms with E-state index in [1.165, 1.54) is 5.56 Å². The first-order chi connectivity index (χ1) is 12.6. The molecule has 0 fully saturated rings. The second kappa shape index (κ2) is 10.7. The van der Waals surface area contributed by atoms with Crippen LogP contribution in [0, 0.1) is 25.2 Å². The summed E-state index contributed by atoms with van der Waals surface area (Å²) in [5, 5.41) is 18.1. The van der Waals surface area contributed by atoms with Gasteiger partial charge < -0.3 is 9.84 Å². The summed E-state index contributed by atoms with van der Waals surface area (Å²) >= 11 is 6.83. The number of nitrogens with zero attached hydrogens (tertiary/aromatic N) is 1. The molecular formula is C22H27Br2NO2. The summed E-state index contributed by atoms with van der Waals surface area (Å²) in [5.74, 6) is 1.94. The molecule has 0 saturated carbocycles. The van der Waals surface area contributed by atoms with Crippen molar-refractivity contribution >= 4 is 31.9 Å². The fourth-order valence-electron chi connectivity index (χ4n) is 2.53. The van der Waals surface area contributed by atoms with E-state index in [4.69, 9.17) is 10.00 Å². The molecule has 0 spiro atoms. The summed E-state index contributed by atoms with van der Waals surface area (Å²) in [7, 11) is 0. The number of rotatable bonds is 4. The van der Waals surface area contributed by atoms with Crippen molar-refractivity contribution in [2.24, 2.45) is 0 Å². The maximum Gasteiger partial charge on any atom is 0.174 e. The van der Waals surface area contributed by atoms with Crippen molar-refractivity contribution in [2.75, 3.05) is 6.61 Å². The van der Waals surface area contributed by atoms with Crippen molar-refractivity contribution in [3.63, 3.8) is 0 Å². The number of halogens is 2. The van der Waals surface area contributed by atoms with Crippen molar-refractivity contribution in [1.82, 2.24) is 0 Å². The highest BCUT2D eigenvalue weighted by Crippen LogP contribution is 2.32. The number of aromatic hydroxyl groups is 1. The molecule has 5 heteroatoms. The molecule has 27 heavy (non-hydrogen) atoms. The second-order valence-corrected chi connectivity index (χ2v) is 8.76. The Bertz CT molecular complexity index is 824. The summed E-state index contributed by atoms with van der Waals surface area (Å²) in [6.07, 6.45) is 0. The van der Waals surface area contributed by atoms with E-state index in [2.05, 4.69) is 65.6 Å². The smallest absolute Gasteiger partial charge is 0.174 e. The molecule has 2 rings (SSSR count). The highest BCUT2D eigenvalue weighted by Gasteiger charge is 2.10. The van der Waals surface area contributed by atoms with Gasteiger partial charge in [0.05, 0.1) is 0 Å². The van der Waals surface area contributed by atoms with Crippen LogP contribution in [-0.2, 0) is 0 Å². The number of aryl methyl sites for hydroxylation is 2. The van der Waals surface area contributed by atoms with Gasteiger partial charge in [0.25, 0.3) is 0 Å². The fraction of sp³-hybridized carbons (Fsp3) is 0.409. The van der Waals surface area contributed by atoms with E-state index in [-0.39, 0.29) is 6.61 Å². The maximum absolute atomic E-state index is 9.56. The van der Waals surface area contributed by atoms with Gasteiger partial charge in [0.1, 0.15) is 17.6 Å². The van der Waals surface area contributed by atoms with Gasteiger partial charge in [-0.2, -0.15) is 5.26 Å². The minimum atomic E-state index is 0.0925. The van der Waals surface area contributed by atoms with E-state index in [9.17, 15) is 5.11 Å². The Balaban J connectivity index is 0.000000277. The average Bonchev–Trinajstić information content (AvgIpc) is 2.58. The van der Waals surface area contributed by atoms with Crippen molar-refractivity contribution in [1.29, 1.82) is 5.26 Å². The van der Waals surface area contributed by atoms with Crippen LogP contribution >= 0.6 is 31.9 Å². The number of phenolic OH excluding ortho intramolecular Hbond substituents is 1. The molecule has 146 valence electrons. The van der Waals surface area contributed by atoms with Gasteiger partial charge in [0.15, 0.2) is 6.61 Å². The molecule has 0 amide bonds. The van der Waals surface area contributed by atoms with E-state index in [0.29, 0.717) is 17.6 Å². The molecule has 0 aromatic heterocycles.